The highest BCUT2D eigenvalue weighted by Crippen LogP contribution is 2.28. The van der Waals surface area contributed by atoms with Crippen molar-refractivity contribution in [1.82, 2.24) is 15.6 Å². The topological polar surface area (TPSA) is 110 Å². The molecule has 0 radical (unpaired) electrons. The average molecular weight is 428 g/mol. The second kappa shape index (κ2) is 9.78. The van der Waals surface area contributed by atoms with Crippen LogP contribution in [0, 0.1) is 0 Å². The molecule has 1 aromatic carbocycles. The van der Waals surface area contributed by atoms with Gasteiger partial charge in [0.25, 0.3) is 0 Å². The SMILES string of the molecule is CCC1OCC(=O)C1NC(=O)[C@H](CC(C)(C)c1ccccc1)NC(=O)Oc1cc[nH]c1. The largest absolute Gasteiger partial charge is 0.413 e. The fraction of sp³-hybridized carbons (Fsp3) is 0.435. The summed E-state index contributed by atoms with van der Waals surface area (Å²) < 4.78 is 10.7. The highest BCUT2D eigenvalue weighted by atomic mass is 16.6. The first-order valence-corrected chi connectivity index (χ1v) is 10.4. The van der Waals surface area contributed by atoms with Crippen LogP contribution in [0.3, 0.4) is 0 Å². The highest BCUT2D eigenvalue weighted by Gasteiger charge is 2.38. The molecule has 3 N–H and O–H groups in total. The third-order valence-corrected chi connectivity index (χ3v) is 5.52. The van der Waals surface area contributed by atoms with Crippen LogP contribution in [-0.4, -0.2) is 47.6 Å². The Labute approximate surface area is 181 Å². The third-order valence-electron chi connectivity index (χ3n) is 5.52. The summed E-state index contributed by atoms with van der Waals surface area (Å²) in [4.78, 5) is 40.6. The smallest absolute Gasteiger partial charge is 0.409 e. The van der Waals surface area contributed by atoms with Crippen LogP contribution in [0.4, 0.5) is 4.79 Å². The summed E-state index contributed by atoms with van der Waals surface area (Å²) in [6, 6.07) is 9.72. The van der Waals surface area contributed by atoms with Crippen LogP contribution in [0.15, 0.2) is 48.8 Å². The molecular weight excluding hydrogens is 398 g/mol. The number of rotatable bonds is 8. The van der Waals surface area contributed by atoms with Gasteiger partial charge in [-0.15, -0.1) is 0 Å². The zero-order valence-electron chi connectivity index (χ0n) is 18.0. The van der Waals surface area contributed by atoms with E-state index in [1.54, 1.807) is 12.3 Å². The van der Waals surface area contributed by atoms with Crippen molar-refractivity contribution >= 4 is 17.8 Å². The number of Topliss-reactive ketones (excluding diaryl/α,β-unsaturated/α-hetero) is 1. The number of ketones is 1. The van der Waals surface area contributed by atoms with Crippen LogP contribution in [0.25, 0.3) is 0 Å². The van der Waals surface area contributed by atoms with Gasteiger partial charge in [0.2, 0.25) is 5.91 Å². The Morgan fingerprint density at radius 3 is 2.65 bits per heavy atom. The summed E-state index contributed by atoms with van der Waals surface area (Å²) in [5.74, 6) is -0.280. The maximum absolute atomic E-state index is 13.2. The summed E-state index contributed by atoms with van der Waals surface area (Å²) in [5, 5.41) is 5.44. The van der Waals surface area contributed by atoms with Crippen molar-refractivity contribution in [3.05, 3.63) is 54.4 Å². The van der Waals surface area contributed by atoms with E-state index in [1.807, 2.05) is 51.1 Å². The van der Waals surface area contributed by atoms with E-state index >= 15 is 0 Å². The summed E-state index contributed by atoms with van der Waals surface area (Å²) in [6.45, 7) is 5.87. The molecule has 0 spiro atoms. The molecule has 1 aliphatic rings. The van der Waals surface area contributed by atoms with Crippen molar-refractivity contribution in [3.8, 4) is 5.75 Å². The van der Waals surface area contributed by atoms with Crippen LogP contribution >= 0.6 is 0 Å². The lowest BCUT2D eigenvalue weighted by Crippen LogP contribution is -2.55. The lowest BCUT2D eigenvalue weighted by molar-refractivity contribution is -0.128. The van der Waals surface area contributed by atoms with Crippen LogP contribution in [0.5, 0.6) is 5.75 Å². The van der Waals surface area contributed by atoms with Crippen molar-refractivity contribution in [2.24, 2.45) is 0 Å². The van der Waals surface area contributed by atoms with Gasteiger partial charge in [0.1, 0.15) is 24.4 Å². The van der Waals surface area contributed by atoms with Crippen LogP contribution < -0.4 is 15.4 Å². The first-order chi connectivity index (χ1) is 14.8. The van der Waals surface area contributed by atoms with Gasteiger partial charge < -0.3 is 25.1 Å². The van der Waals surface area contributed by atoms with E-state index in [0.717, 1.165) is 5.56 Å². The molecule has 1 aliphatic heterocycles. The first-order valence-electron chi connectivity index (χ1n) is 10.4. The van der Waals surface area contributed by atoms with Gasteiger partial charge in [0, 0.05) is 12.4 Å². The molecular formula is C23H29N3O5. The van der Waals surface area contributed by atoms with Gasteiger partial charge >= 0.3 is 6.09 Å². The molecule has 8 heteroatoms. The van der Waals surface area contributed by atoms with Crippen molar-refractivity contribution in [1.29, 1.82) is 0 Å². The number of hydrogen-bond donors (Lipinski definition) is 3. The zero-order valence-corrected chi connectivity index (χ0v) is 18.0. The Morgan fingerprint density at radius 2 is 2.00 bits per heavy atom. The molecule has 3 atom stereocenters. The zero-order chi connectivity index (χ0) is 22.4. The van der Waals surface area contributed by atoms with Gasteiger partial charge in [0.15, 0.2) is 5.78 Å². The van der Waals surface area contributed by atoms with Gasteiger partial charge in [-0.25, -0.2) is 4.79 Å². The maximum Gasteiger partial charge on any atom is 0.413 e. The van der Waals surface area contributed by atoms with Gasteiger partial charge in [-0.1, -0.05) is 51.1 Å². The lowest BCUT2D eigenvalue weighted by Gasteiger charge is -2.31. The second-order valence-electron chi connectivity index (χ2n) is 8.30. The summed E-state index contributed by atoms with van der Waals surface area (Å²) >= 11 is 0. The fourth-order valence-corrected chi connectivity index (χ4v) is 3.74. The number of aromatic nitrogens is 1. The normalized spacial score (nSPS) is 19.6. The van der Waals surface area contributed by atoms with Gasteiger partial charge in [-0.2, -0.15) is 0 Å². The lowest BCUT2D eigenvalue weighted by atomic mass is 9.79. The maximum atomic E-state index is 13.2. The molecule has 1 saturated heterocycles. The van der Waals surface area contributed by atoms with Crippen LogP contribution in [0.1, 0.15) is 39.2 Å². The number of aromatic amines is 1. The van der Waals surface area contributed by atoms with E-state index in [2.05, 4.69) is 15.6 Å². The van der Waals surface area contributed by atoms with Gasteiger partial charge in [-0.3, -0.25) is 9.59 Å². The predicted molar refractivity (Wildman–Crippen MR) is 115 cm³/mol. The molecule has 0 bridgehead atoms. The van der Waals surface area contributed by atoms with Gasteiger partial charge in [-0.05, 0) is 29.9 Å². The summed E-state index contributed by atoms with van der Waals surface area (Å²) in [5.41, 5.74) is 0.602. The van der Waals surface area contributed by atoms with Crippen LogP contribution in [0.2, 0.25) is 0 Å². The third kappa shape index (κ3) is 5.73. The standard InChI is InChI=1S/C23H29N3O5/c1-4-19-20(18(27)14-30-19)26-21(28)17(25-22(29)31-16-10-11-24-13-16)12-23(2,3)15-8-6-5-7-9-15/h5-11,13,17,19-20,24H,4,12,14H2,1-3H3,(H,25,29)(H,26,28)/t17-,19?,20?/m0/s1. The first kappa shape index (κ1) is 22.6. The van der Waals surface area contributed by atoms with E-state index in [9.17, 15) is 14.4 Å². The molecule has 8 nitrogen and oxygen atoms in total. The van der Waals surface area contributed by atoms with Crippen molar-refractivity contribution in [3.63, 3.8) is 0 Å². The number of nitrogens with one attached hydrogen (secondary N) is 3. The van der Waals surface area contributed by atoms with E-state index in [0.29, 0.717) is 18.6 Å². The minimum Gasteiger partial charge on any atom is -0.409 e. The predicted octanol–water partition coefficient (Wildman–Crippen LogP) is 2.70. The molecule has 2 heterocycles. The number of carbonyl (C=O) groups excluding carboxylic acids is 3. The van der Waals surface area contributed by atoms with Crippen molar-refractivity contribution in [2.45, 2.75) is 57.2 Å². The number of benzene rings is 1. The Balaban J connectivity index is 1.76. The highest BCUT2D eigenvalue weighted by molar-refractivity contribution is 5.94. The van der Waals surface area contributed by atoms with E-state index in [-0.39, 0.29) is 18.5 Å². The number of H-pyrrole nitrogens is 1. The molecule has 2 aromatic rings. The Bertz CT molecular complexity index is 895. The number of hydrogen-bond acceptors (Lipinski definition) is 5. The Kier molecular flexibility index (Phi) is 7.12. The number of carbonyl (C=O) groups is 3. The summed E-state index contributed by atoms with van der Waals surface area (Å²) in [7, 11) is 0. The monoisotopic (exact) mass is 427 g/mol. The molecule has 1 aromatic heterocycles. The van der Waals surface area contributed by atoms with Crippen molar-refractivity contribution < 1.29 is 23.9 Å². The molecule has 2 amide bonds. The molecule has 0 saturated carbocycles. The summed E-state index contributed by atoms with van der Waals surface area (Å²) in [6.07, 6.45) is 2.95. The molecule has 3 rings (SSSR count). The van der Waals surface area contributed by atoms with Gasteiger partial charge in [0.05, 0.1) is 6.10 Å². The fourth-order valence-electron chi connectivity index (χ4n) is 3.74. The number of ether oxygens (including phenoxy) is 2. The Morgan fingerprint density at radius 1 is 1.26 bits per heavy atom. The average Bonchev–Trinajstić information content (AvgIpc) is 3.38. The molecule has 0 aliphatic carbocycles. The number of amides is 2. The van der Waals surface area contributed by atoms with E-state index in [4.69, 9.17) is 9.47 Å². The van der Waals surface area contributed by atoms with Crippen molar-refractivity contribution in [2.75, 3.05) is 6.61 Å². The van der Waals surface area contributed by atoms with Crippen LogP contribution in [-0.2, 0) is 19.7 Å². The molecule has 2 unspecified atom stereocenters. The minimum absolute atomic E-state index is 0.0212. The van der Waals surface area contributed by atoms with E-state index < -0.39 is 29.5 Å². The minimum atomic E-state index is -0.910. The molecule has 31 heavy (non-hydrogen) atoms. The quantitative estimate of drug-likeness (QED) is 0.600. The molecule has 1 fully saturated rings. The van der Waals surface area contributed by atoms with E-state index in [1.165, 1.54) is 6.20 Å². The second-order valence-corrected chi connectivity index (χ2v) is 8.30. The molecule has 166 valence electrons. The Hall–Kier alpha value is -3.13.